The molecule has 0 aliphatic carbocycles. The van der Waals surface area contributed by atoms with E-state index in [0.29, 0.717) is 24.1 Å². The Morgan fingerprint density at radius 3 is 2.30 bits per heavy atom. The topological polar surface area (TPSA) is 177 Å². The van der Waals surface area contributed by atoms with Gasteiger partial charge in [0, 0.05) is 16.8 Å². The molecule has 3 N–H and O–H groups in total. The normalized spacial score (nSPS) is 10.2. The highest BCUT2D eigenvalue weighted by molar-refractivity contribution is 6.12. The van der Waals surface area contributed by atoms with E-state index in [2.05, 4.69) is 25.9 Å². The SMILES string of the molecule is O=CNCC(=O)N(c1ccc(NC=O)cc1)c1ncc([N+](=O)[O-])c(Nc2ccccc2C(=O)c2ccccc2)n1. The van der Waals surface area contributed by atoms with Gasteiger partial charge in [0.05, 0.1) is 22.8 Å². The zero-order valence-electron chi connectivity index (χ0n) is 20.7. The molecule has 1 heterocycles. The van der Waals surface area contributed by atoms with E-state index >= 15 is 0 Å². The summed E-state index contributed by atoms with van der Waals surface area (Å²) in [6.45, 7) is -0.421. The van der Waals surface area contributed by atoms with Gasteiger partial charge in [0.2, 0.25) is 24.6 Å². The lowest BCUT2D eigenvalue weighted by Gasteiger charge is -2.21. The van der Waals surface area contributed by atoms with Gasteiger partial charge in [-0.05, 0) is 36.4 Å². The van der Waals surface area contributed by atoms with Crippen molar-refractivity contribution < 1.29 is 24.1 Å². The summed E-state index contributed by atoms with van der Waals surface area (Å²) in [5.74, 6) is -1.48. The van der Waals surface area contributed by atoms with Crippen LogP contribution in [0, 0.1) is 10.1 Å². The third-order valence-corrected chi connectivity index (χ3v) is 5.55. The molecule has 3 amide bonds. The van der Waals surface area contributed by atoms with Crippen LogP contribution in [0.15, 0.2) is 85.1 Å². The number of carbonyl (C=O) groups excluding carboxylic acids is 4. The van der Waals surface area contributed by atoms with Crippen LogP contribution < -0.4 is 20.9 Å². The van der Waals surface area contributed by atoms with Crippen LogP contribution in [0.5, 0.6) is 0 Å². The first kappa shape index (κ1) is 27.1. The molecule has 0 atom stereocenters. The largest absolute Gasteiger partial charge is 0.350 e. The zero-order chi connectivity index (χ0) is 28.5. The van der Waals surface area contributed by atoms with Gasteiger partial charge in [0.25, 0.3) is 5.91 Å². The second-order valence-corrected chi connectivity index (χ2v) is 8.06. The average molecular weight is 540 g/mol. The monoisotopic (exact) mass is 539 g/mol. The predicted molar refractivity (Wildman–Crippen MR) is 146 cm³/mol. The summed E-state index contributed by atoms with van der Waals surface area (Å²) in [6.07, 6.45) is 1.77. The Morgan fingerprint density at radius 2 is 1.62 bits per heavy atom. The predicted octanol–water partition coefficient (Wildman–Crippen LogP) is 3.34. The van der Waals surface area contributed by atoms with E-state index in [4.69, 9.17) is 0 Å². The number of hydrogen-bond acceptors (Lipinski definition) is 9. The molecule has 13 heteroatoms. The molecule has 0 aliphatic heterocycles. The zero-order valence-corrected chi connectivity index (χ0v) is 20.7. The molecule has 0 aliphatic rings. The molecule has 0 spiro atoms. The molecule has 1 aromatic heterocycles. The number of rotatable bonds is 12. The van der Waals surface area contributed by atoms with Crippen LogP contribution in [0.3, 0.4) is 0 Å². The molecule has 0 bridgehead atoms. The maximum atomic E-state index is 13.2. The number of anilines is 5. The van der Waals surface area contributed by atoms with Crippen molar-refractivity contribution >= 4 is 59.0 Å². The van der Waals surface area contributed by atoms with Crippen LogP contribution in [0.2, 0.25) is 0 Å². The van der Waals surface area contributed by atoms with Crippen LogP contribution in [0.4, 0.5) is 34.5 Å². The first-order valence-electron chi connectivity index (χ1n) is 11.7. The van der Waals surface area contributed by atoms with Crippen LogP contribution in [-0.4, -0.2) is 45.9 Å². The number of ketones is 1. The third-order valence-electron chi connectivity index (χ3n) is 5.55. The molecule has 0 saturated carbocycles. The molecule has 40 heavy (non-hydrogen) atoms. The van der Waals surface area contributed by atoms with Gasteiger partial charge in [0.1, 0.15) is 6.20 Å². The van der Waals surface area contributed by atoms with Crippen molar-refractivity contribution in [2.24, 2.45) is 0 Å². The highest BCUT2D eigenvalue weighted by Crippen LogP contribution is 2.32. The lowest BCUT2D eigenvalue weighted by Crippen LogP contribution is -2.35. The second kappa shape index (κ2) is 12.5. The molecule has 0 radical (unpaired) electrons. The van der Waals surface area contributed by atoms with E-state index in [0.717, 1.165) is 11.1 Å². The minimum atomic E-state index is -0.701. The first-order valence-corrected chi connectivity index (χ1v) is 11.7. The van der Waals surface area contributed by atoms with Gasteiger partial charge in [0.15, 0.2) is 5.78 Å². The highest BCUT2D eigenvalue weighted by atomic mass is 16.6. The molecule has 0 unspecified atom stereocenters. The summed E-state index contributed by atoms with van der Waals surface area (Å²) in [4.78, 5) is 68.3. The van der Waals surface area contributed by atoms with Crippen molar-refractivity contribution in [3.8, 4) is 0 Å². The fourth-order valence-corrected chi connectivity index (χ4v) is 3.72. The van der Waals surface area contributed by atoms with E-state index in [1.165, 1.54) is 24.3 Å². The van der Waals surface area contributed by atoms with Crippen LogP contribution in [0.25, 0.3) is 0 Å². The number of nitro groups is 1. The molecule has 13 nitrogen and oxygen atoms in total. The van der Waals surface area contributed by atoms with Crippen molar-refractivity contribution in [1.29, 1.82) is 0 Å². The van der Waals surface area contributed by atoms with Gasteiger partial charge in [-0.15, -0.1) is 0 Å². The minimum absolute atomic E-state index is 0.240. The Morgan fingerprint density at radius 1 is 0.925 bits per heavy atom. The van der Waals surface area contributed by atoms with E-state index in [1.807, 2.05) is 0 Å². The number of benzene rings is 3. The molecular formula is C27H21N7O6. The fraction of sp³-hybridized carbons (Fsp3) is 0.0370. The second-order valence-electron chi connectivity index (χ2n) is 8.06. The maximum absolute atomic E-state index is 13.2. The summed E-state index contributed by atoms with van der Waals surface area (Å²) < 4.78 is 0. The Hall–Kier alpha value is -5.98. The van der Waals surface area contributed by atoms with E-state index in [1.54, 1.807) is 54.6 Å². The summed E-state index contributed by atoms with van der Waals surface area (Å²) in [5, 5.41) is 19.4. The number of nitrogens with zero attached hydrogens (tertiary/aromatic N) is 4. The smallest absolute Gasteiger partial charge is 0.329 e. The number of amides is 3. The van der Waals surface area contributed by atoms with Crippen LogP contribution in [-0.2, 0) is 14.4 Å². The first-order chi connectivity index (χ1) is 19.4. The molecule has 3 aromatic carbocycles. The molecule has 4 rings (SSSR count). The van der Waals surface area contributed by atoms with Gasteiger partial charge in [-0.25, -0.2) is 9.88 Å². The van der Waals surface area contributed by atoms with E-state index in [9.17, 15) is 29.3 Å². The minimum Gasteiger partial charge on any atom is -0.350 e. The summed E-state index contributed by atoms with van der Waals surface area (Å²) in [6, 6.07) is 21.0. The van der Waals surface area contributed by atoms with Gasteiger partial charge < -0.3 is 16.0 Å². The van der Waals surface area contributed by atoms with Crippen molar-refractivity contribution in [1.82, 2.24) is 15.3 Å². The molecular weight excluding hydrogens is 518 g/mol. The number of hydrogen-bond donors (Lipinski definition) is 3. The Balaban J connectivity index is 1.77. The summed E-state index contributed by atoms with van der Waals surface area (Å²) in [7, 11) is 0. The van der Waals surface area contributed by atoms with E-state index < -0.39 is 23.1 Å². The number of nitrogens with one attached hydrogen (secondary N) is 3. The van der Waals surface area contributed by atoms with Crippen molar-refractivity contribution in [3.05, 3.63) is 106 Å². The lowest BCUT2D eigenvalue weighted by molar-refractivity contribution is -0.384. The molecule has 200 valence electrons. The Labute approximate surface area is 227 Å². The quantitative estimate of drug-likeness (QED) is 0.105. The van der Waals surface area contributed by atoms with Crippen molar-refractivity contribution in [2.75, 3.05) is 22.1 Å². The Bertz CT molecular complexity index is 1560. The number of carbonyl (C=O) groups is 4. The third kappa shape index (κ3) is 6.11. The van der Waals surface area contributed by atoms with E-state index in [-0.39, 0.29) is 34.5 Å². The van der Waals surface area contributed by atoms with Gasteiger partial charge in [-0.1, -0.05) is 42.5 Å². The average Bonchev–Trinajstić information content (AvgIpc) is 2.97. The number of aromatic nitrogens is 2. The Kier molecular flexibility index (Phi) is 8.47. The van der Waals surface area contributed by atoms with Crippen molar-refractivity contribution in [3.63, 3.8) is 0 Å². The molecule has 4 aromatic rings. The van der Waals surface area contributed by atoms with Crippen molar-refractivity contribution in [2.45, 2.75) is 0 Å². The molecule has 0 fully saturated rings. The summed E-state index contributed by atoms with van der Waals surface area (Å²) in [5.41, 5.74) is 1.10. The lowest BCUT2D eigenvalue weighted by atomic mass is 10.0. The van der Waals surface area contributed by atoms with Gasteiger partial charge in [-0.2, -0.15) is 4.98 Å². The standard InChI is InChI=1S/C27H21N7O6/c35-16-28-15-24(37)33(20-12-10-19(11-13-20)30-17-36)27-29-14-23(34(39)40)26(32-27)31-22-9-5-4-8-21(22)25(38)18-6-2-1-3-7-18/h1-14,16-17H,15H2,(H,28,35)(H,30,36)(H,29,31,32). The summed E-state index contributed by atoms with van der Waals surface area (Å²) >= 11 is 0. The molecule has 0 saturated heterocycles. The van der Waals surface area contributed by atoms with Crippen LogP contribution in [0.1, 0.15) is 15.9 Å². The highest BCUT2D eigenvalue weighted by Gasteiger charge is 2.26. The number of para-hydroxylation sites is 1. The van der Waals surface area contributed by atoms with Gasteiger partial charge in [-0.3, -0.25) is 29.3 Å². The maximum Gasteiger partial charge on any atom is 0.329 e. The van der Waals surface area contributed by atoms with Gasteiger partial charge >= 0.3 is 5.69 Å². The van der Waals surface area contributed by atoms with Crippen LogP contribution >= 0.6 is 0 Å². The fourth-order valence-electron chi connectivity index (χ4n) is 3.72.